The lowest BCUT2D eigenvalue weighted by Gasteiger charge is -2.04. The number of aromatic nitrogens is 1. The van der Waals surface area contributed by atoms with Gasteiger partial charge in [0.05, 0.1) is 0 Å². The van der Waals surface area contributed by atoms with Gasteiger partial charge in [-0.25, -0.2) is 0 Å². The van der Waals surface area contributed by atoms with Gasteiger partial charge < -0.3 is 10.2 Å². The Labute approximate surface area is 98.2 Å². The van der Waals surface area contributed by atoms with Crippen LogP contribution in [0.25, 0.3) is 0 Å². The summed E-state index contributed by atoms with van der Waals surface area (Å²) in [5.41, 5.74) is 1.41. The molecule has 86 valence electrons. The number of carbonyl (C=O) groups is 1. The lowest BCUT2D eigenvalue weighted by molar-refractivity contribution is 0.103. The normalized spacial score (nSPS) is 10.2. The Bertz CT molecular complexity index is 579. The highest BCUT2D eigenvalue weighted by Crippen LogP contribution is 2.26. The molecule has 1 aromatic carbocycles. The van der Waals surface area contributed by atoms with Crippen LogP contribution in [-0.4, -0.2) is 21.0 Å². The minimum absolute atomic E-state index is 0.251. The van der Waals surface area contributed by atoms with E-state index in [1.54, 1.807) is 25.3 Å². The zero-order valence-corrected chi connectivity index (χ0v) is 9.21. The van der Waals surface area contributed by atoms with Crippen molar-refractivity contribution in [1.82, 2.24) is 4.98 Å². The molecule has 0 atom stereocenters. The molecule has 0 bridgehead atoms. The number of phenols is 2. The highest BCUT2D eigenvalue weighted by Gasteiger charge is 2.14. The van der Waals surface area contributed by atoms with E-state index in [9.17, 15) is 15.0 Å². The summed E-state index contributed by atoms with van der Waals surface area (Å²) in [6.45, 7) is 1.79. The molecule has 1 heterocycles. The summed E-state index contributed by atoms with van der Waals surface area (Å²) in [7, 11) is 0. The van der Waals surface area contributed by atoms with Gasteiger partial charge in [-0.1, -0.05) is 6.07 Å². The Kier molecular flexibility index (Phi) is 2.78. The van der Waals surface area contributed by atoms with Crippen LogP contribution in [0.4, 0.5) is 0 Å². The molecular formula is C13H11NO3. The Balaban J connectivity index is 2.44. The van der Waals surface area contributed by atoms with Crippen LogP contribution in [0.1, 0.15) is 21.6 Å². The van der Waals surface area contributed by atoms with Gasteiger partial charge in [-0.15, -0.1) is 0 Å². The van der Waals surface area contributed by atoms with Crippen molar-refractivity contribution in [1.29, 1.82) is 0 Å². The van der Waals surface area contributed by atoms with E-state index in [0.717, 1.165) is 5.56 Å². The third-order valence-electron chi connectivity index (χ3n) is 2.46. The fourth-order valence-corrected chi connectivity index (χ4v) is 1.52. The van der Waals surface area contributed by atoms with Crippen molar-refractivity contribution in [2.75, 3.05) is 0 Å². The lowest BCUT2D eigenvalue weighted by atomic mass is 10.0. The Morgan fingerprint density at radius 2 is 1.94 bits per heavy atom. The first-order valence-corrected chi connectivity index (χ1v) is 5.08. The molecule has 0 saturated carbocycles. The molecule has 0 spiro atoms. The second-order valence-electron chi connectivity index (χ2n) is 3.70. The molecule has 0 saturated heterocycles. The molecule has 0 radical (unpaired) electrons. The number of hydrogen-bond acceptors (Lipinski definition) is 4. The molecule has 1 aromatic heterocycles. The summed E-state index contributed by atoms with van der Waals surface area (Å²) in [6, 6.07) is 7.50. The molecule has 0 aliphatic heterocycles. The topological polar surface area (TPSA) is 70.4 Å². The van der Waals surface area contributed by atoms with Crippen LogP contribution in [0.3, 0.4) is 0 Å². The average molecular weight is 229 g/mol. The first-order chi connectivity index (χ1) is 8.09. The van der Waals surface area contributed by atoms with E-state index >= 15 is 0 Å². The fourth-order valence-electron chi connectivity index (χ4n) is 1.52. The third kappa shape index (κ3) is 2.10. The van der Waals surface area contributed by atoms with Gasteiger partial charge in [0, 0.05) is 11.8 Å². The molecule has 2 rings (SSSR count). The van der Waals surface area contributed by atoms with Gasteiger partial charge in [0.25, 0.3) is 0 Å². The number of pyridine rings is 1. The van der Waals surface area contributed by atoms with Crippen LogP contribution in [0.2, 0.25) is 0 Å². The molecule has 0 aliphatic rings. The number of benzene rings is 1. The number of hydrogen-bond donors (Lipinski definition) is 2. The number of rotatable bonds is 2. The number of aryl methyl sites for hydroxylation is 1. The highest BCUT2D eigenvalue weighted by atomic mass is 16.3. The van der Waals surface area contributed by atoms with E-state index in [-0.39, 0.29) is 17.3 Å². The molecular weight excluding hydrogens is 218 g/mol. The number of carbonyl (C=O) groups excluding carboxylic acids is 1. The van der Waals surface area contributed by atoms with Gasteiger partial charge in [-0.3, -0.25) is 9.78 Å². The van der Waals surface area contributed by atoms with Gasteiger partial charge in [0.15, 0.2) is 11.5 Å². The van der Waals surface area contributed by atoms with E-state index < -0.39 is 0 Å². The van der Waals surface area contributed by atoms with Crippen molar-refractivity contribution in [3.8, 4) is 11.5 Å². The van der Waals surface area contributed by atoms with Crippen LogP contribution in [0, 0.1) is 6.92 Å². The zero-order chi connectivity index (χ0) is 12.4. The second kappa shape index (κ2) is 4.25. The molecule has 4 heteroatoms. The highest BCUT2D eigenvalue weighted by molar-refractivity contribution is 6.08. The van der Waals surface area contributed by atoms with Crippen molar-refractivity contribution in [2.24, 2.45) is 0 Å². The number of aromatic hydroxyl groups is 2. The molecule has 17 heavy (non-hydrogen) atoms. The maximum Gasteiger partial charge on any atom is 0.211 e. The van der Waals surface area contributed by atoms with Crippen LogP contribution in [0.15, 0.2) is 36.5 Å². The van der Waals surface area contributed by atoms with Crippen molar-refractivity contribution in [3.05, 3.63) is 53.3 Å². The Hall–Kier alpha value is -2.36. The second-order valence-corrected chi connectivity index (χ2v) is 3.70. The summed E-state index contributed by atoms with van der Waals surface area (Å²) in [4.78, 5) is 16.1. The van der Waals surface area contributed by atoms with Crippen LogP contribution >= 0.6 is 0 Å². The third-order valence-corrected chi connectivity index (χ3v) is 2.46. The molecule has 0 aliphatic carbocycles. The monoisotopic (exact) mass is 229 g/mol. The standard InChI is InChI=1S/C13H11NO3/c1-8-3-2-6-14-12(8)13(17)9-4-5-10(15)11(16)7-9/h2-7,15-16H,1H3. The molecule has 4 nitrogen and oxygen atoms in total. The van der Waals surface area contributed by atoms with E-state index in [1.165, 1.54) is 18.2 Å². The summed E-state index contributed by atoms with van der Waals surface area (Å²) < 4.78 is 0. The zero-order valence-electron chi connectivity index (χ0n) is 9.21. The summed E-state index contributed by atoms with van der Waals surface area (Å²) >= 11 is 0. The molecule has 2 N–H and O–H groups in total. The SMILES string of the molecule is Cc1cccnc1C(=O)c1ccc(O)c(O)c1. The lowest BCUT2D eigenvalue weighted by Crippen LogP contribution is -2.05. The van der Waals surface area contributed by atoms with Crippen LogP contribution in [-0.2, 0) is 0 Å². The van der Waals surface area contributed by atoms with Gasteiger partial charge in [0.2, 0.25) is 5.78 Å². The Morgan fingerprint density at radius 3 is 2.59 bits per heavy atom. The summed E-state index contributed by atoms with van der Waals surface area (Å²) in [5, 5.41) is 18.5. The van der Waals surface area contributed by atoms with Crippen molar-refractivity contribution in [2.45, 2.75) is 6.92 Å². The number of ketones is 1. The maximum absolute atomic E-state index is 12.1. The fraction of sp³-hybridized carbons (Fsp3) is 0.0769. The van der Waals surface area contributed by atoms with Gasteiger partial charge in [0.1, 0.15) is 5.69 Å². The van der Waals surface area contributed by atoms with E-state index in [0.29, 0.717) is 11.3 Å². The largest absolute Gasteiger partial charge is 0.504 e. The van der Waals surface area contributed by atoms with Gasteiger partial charge in [-0.2, -0.15) is 0 Å². The Morgan fingerprint density at radius 1 is 1.18 bits per heavy atom. The first kappa shape index (κ1) is 11.1. The van der Waals surface area contributed by atoms with Crippen molar-refractivity contribution >= 4 is 5.78 Å². The van der Waals surface area contributed by atoms with E-state index in [4.69, 9.17) is 0 Å². The number of nitrogens with zero attached hydrogens (tertiary/aromatic N) is 1. The smallest absolute Gasteiger partial charge is 0.211 e. The summed E-state index contributed by atoms with van der Waals surface area (Å²) in [6.07, 6.45) is 1.54. The molecule has 0 amide bonds. The van der Waals surface area contributed by atoms with Crippen molar-refractivity contribution in [3.63, 3.8) is 0 Å². The maximum atomic E-state index is 12.1. The molecule has 0 fully saturated rings. The predicted molar refractivity (Wildman–Crippen MR) is 62.2 cm³/mol. The van der Waals surface area contributed by atoms with Crippen LogP contribution < -0.4 is 0 Å². The minimum atomic E-state index is -0.315. The van der Waals surface area contributed by atoms with Gasteiger partial charge >= 0.3 is 0 Å². The molecule has 2 aromatic rings. The molecule has 0 unspecified atom stereocenters. The average Bonchev–Trinajstić information content (AvgIpc) is 2.32. The van der Waals surface area contributed by atoms with Crippen molar-refractivity contribution < 1.29 is 15.0 Å². The minimum Gasteiger partial charge on any atom is -0.504 e. The first-order valence-electron chi connectivity index (χ1n) is 5.08. The predicted octanol–water partition coefficient (Wildman–Crippen LogP) is 2.03. The van der Waals surface area contributed by atoms with Crippen LogP contribution in [0.5, 0.6) is 11.5 Å². The number of phenolic OH excluding ortho intramolecular Hbond substituents is 2. The van der Waals surface area contributed by atoms with Gasteiger partial charge in [-0.05, 0) is 36.8 Å². The summed E-state index contributed by atoms with van der Waals surface area (Å²) in [5.74, 6) is -0.845. The van der Waals surface area contributed by atoms with E-state index in [1.807, 2.05) is 0 Å². The quantitative estimate of drug-likeness (QED) is 0.610. The van der Waals surface area contributed by atoms with E-state index in [2.05, 4.69) is 4.98 Å².